The number of aliphatic hydroxyl groups is 1. The highest BCUT2D eigenvalue weighted by Crippen LogP contribution is 2.58. The third kappa shape index (κ3) is 3.94. The predicted octanol–water partition coefficient (Wildman–Crippen LogP) is 5.42. The summed E-state index contributed by atoms with van der Waals surface area (Å²) in [6.45, 7) is 1.10. The molecule has 1 N–H and O–H groups in total. The third-order valence-corrected chi connectivity index (χ3v) is 3.76. The Balaban J connectivity index is 3.20. The molecule has 0 radical (unpaired) electrons. The molecule has 1 atom stereocenters. The molecule has 0 aliphatic rings. The average molecular weight is 432 g/mol. The number of ketones is 1. The lowest BCUT2D eigenvalue weighted by atomic mass is 9.92. The molecule has 160 valence electrons. The van der Waals surface area contributed by atoms with Crippen LogP contribution in [0, 0.1) is 0 Å². The first kappa shape index (κ1) is 24.1. The van der Waals surface area contributed by atoms with Crippen molar-refractivity contribution in [2.75, 3.05) is 0 Å². The molecule has 2 nitrogen and oxygen atoms in total. The molecule has 0 aromatic heterocycles. The van der Waals surface area contributed by atoms with Crippen LogP contribution in [0.5, 0.6) is 0 Å². The maximum Gasteiger partial charge on any atom is 0.460 e. The molecule has 1 rings (SSSR count). The van der Waals surface area contributed by atoms with Crippen LogP contribution < -0.4 is 0 Å². The molecule has 1 aromatic carbocycles. The van der Waals surface area contributed by atoms with Crippen LogP contribution in [0.4, 0.5) is 48.3 Å². The van der Waals surface area contributed by atoms with Crippen LogP contribution in [0.25, 0.3) is 0 Å². The van der Waals surface area contributed by atoms with E-state index in [1.807, 2.05) is 0 Å². The summed E-state index contributed by atoms with van der Waals surface area (Å²) in [4.78, 5) is 11.0. The Morgan fingerprint density at radius 1 is 0.821 bits per heavy atom. The Kier molecular flexibility index (Phi) is 6.16. The molecule has 0 spiro atoms. The molecular formula is C15H11F11O2. The Morgan fingerprint density at radius 2 is 1.25 bits per heavy atom. The fourth-order valence-corrected chi connectivity index (χ4v) is 2.03. The highest BCUT2D eigenvalue weighted by molar-refractivity contribution is 5.94. The summed E-state index contributed by atoms with van der Waals surface area (Å²) in [5, 5.41) is 9.52. The minimum absolute atomic E-state index is 0.00407. The average Bonchev–Trinajstić information content (AvgIpc) is 2.52. The predicted molar refractivity (Wildman–Crippen MR) is 71.9 cm³/mol. The van der Waals surface area contributed by atoms with Crippen molar-refractivity contribution in [1.29, 1.82) is 0 Å². The number of hydrogen-bond acceptors (Lipinski definition) is 2. The van der Waals surface area contributed by atoms with Gasteiger partial charge in [0.15, 0.2) is 5.78 Å². The Labute approximate surface area is 149 Å². The van der Waals surface area contributed by atoms with E-state index in [4.69, 9.17) is 0 Å². The van der Waals surface area contributed by atoms with Crippen LogP contribution in [-0.4, -0.2) is 40.8 Å². The van der Waals surface area contributed by atoms with Crippen LogP contribution in [0.1, 0.15) is 35.4 Å². The molecule has 0 amide bonds. The maximum atomic E-state index is 13.6. The van der Waals surface area contributed by atoms with Gasteiger partial charge in [-0.25, -0.2) is 0 Å². The van der Waals surface area contributed by atoms with Crippen molar-refractivity contribution in [3.8, 4) is 0 Å². The van der Waals surface area contributed by atoms with E-state index in [1.54, 1.807) is 0 Å². The van der Waals surface area contributed by atoms with Crippen molar-refractivity contribution in [1.82, 2.24) is 0 Å². The number of carbonyl (C=O) groups is 1. The van der Waals surface area contributed by atoms with Gasteiger partial charge in [-0.15, -0.1) is 0 Å². The van der Waals surface area contributed by atoms with Crippen molar-refractivity contribution in [2.45, 2.75) is 49.3 Å². The Hall–Kier alpha value is -1.92. The Morgan fingerprint density at radius 3 is 1.61 bits per heavy atom. The number of aliphatic hydroxyl groups excluding tert-OH is 1. The van der Waals surface area contributed by atoms with Gasteiger partial charge in [-0.1, -0.05) is 24.3 Å². The van der Waals surface area contributed by atoms with Crippen LogP contribution in [0.3, 0.4) is 0 Å². The first-order valence-corrected chi connectivity index (χ1v) is 7.16. The number of hydrogen-bond donors (Lipinski definition) is 1. The molecule has 0 bridgehead atoms. The van der Waals surface area contributed by atoms with E-state index in [-0.39, 0.29) is 5.56 Å². The van der Waals surface area contributed by atoms with Gasteiger partial charge >= 0.3 is 29.9 Å². The molecular weight excluding hydrogens is 421 g/mol. The van der Waals surface area contributed by atoms with E-state index in [1.165, 1.54) is 0 Å². The van der Waals surface area contributed by atoms with Gasteiger partial charge in [0, 0.05) is 12.0 Å². The lowest BCUT2D eigenvalue weighted by Gasteiger charge is -2.37. The summed E-state index contributed by atoms with van der Waals surface area (Å²) in [6.07, 6.45) is -12.5. The number of benzene rings is 1. The van der Waals surface area contributed by atoms with Gasteiger partial charge in [-0.3, -0.25) is 4.79 Å². The summed E-state index contributed by atoms with van der Waals surface area (Å²) in [5.41, 5.74) is -0.587. The smallest absolute Gasteiger partial charge is 0.388 e. The van der Waals surface area contributed by atoms with E-state index in [9.17, 15) is 58.2 Å². The van der Waals surface area contributed by atoms with Gasteiger partial charge in [-0.05, 0) is 12.5 Å². The normalized spacial score (nSPS) is 15.5. The van der Waals surface area contributed by atoms with Crippen LogP contribution in [0.2, 0.25) is 0 Å². The number of alkyl halides is 11. The summed E-state index contributed by atoms with van der Waals surface area (Å²) in [7, 11) is 0. The van der Waals surface area contributed by atoms with Crippen molar-refractivity contribution in [3.05, 3.63) is 35.4 Å². The molecule has 13 heteroatoms. The minimum atomic E-state index is -7.51. The van der Waals surface area contributed by atoms with Gasteiger partial charge in [0.25, 0.3) is 0 Å². The van der Waals surface area contributed by atoms with Crippen LogP contribution >= 0.6 is 0 Å². The van der Waals surface area contributed by atoms with Gasteiger partial charge in [0.05, 0.1) is 6.10 Å². The molecule has 0 saturated carbocycles. The third-order valence-electron chi connectivity index (χ3n) is 3.76. The second-order valence-electron chi connectivity index (χ2n) is 5.82. The standard InChI is InChI=1S/C15H11F11O2/c1-7(27)8-2-4-9(5-3-8)10(28)6-11(16,17)12(18,19)13(20,21)14(22,23)15(24,25)26/h2-5,10,28H,6H2,1H3. The highest BCUT2D eigenvalue weighted by atomic mass is 19.4. The number of carbonyl (C=O) groups excluding carboxylic acids is 1. The van der Waals surface area contributed by atoms with E-state index < -0.39 is 53.7 Å². The molecule has 0 aliphatic heterocycles. The van der Waals surface area contributed by atoms with Crippen LogP contribution in [0.15, 0.2) is 24.3 Å². The quantitative estimate of drug-likeness (QED) is 0.462. The molecule has 28 heavy (non-hydrogen) atoms. The van der Waals surface area contributed by atoms with Gasteiger partial charge in [0.2, 0.25) is 0 Å². The van der Waals surface area contributed by atoms with E-state index in [0.29, 0.717) is 0 Å². The topological polar surface area (TPSA) is 37.3 Å². The monoisotopic (exact) mass is 432 g/mol. The second-order valence-corrected chi connectivity index (χ2v) is 5.82. The number of rotatable bonds is 7. The summed E-state index contributed by atoms with van der Waals surface area (Å²) >= 11 is 0. The zero-order chi connectivity index (χ0) is 22.3. The van der Waals surface area contributed by atoms with Crippen molar-refractivity contribution in [2.24, 2.45) is 0 Å². The van der Waals surface area contributed by atoms with Crippen molar-refractivity contribution < 1.29 is 58.2 Å². The van der Waals surface area contributed by atoms with Crippen LogP contribution in [-0.2, 0) is 0 Å². The Bertz CT molecular complexity index is 708. The first-order valence-electron chi connectivity index (χ1n) is 7.16. The van der Waals surface area contributed by atoms with E-state index in [2.05, 4.69) is 0 Å². The minimum Gasteiger partial charge on any atom is -0.388 e. The lowest BCUT2D eigenvalue weighted by molar-refractivity contribution is -0.423. The van der Waals surface area contributed by atoms with Crippen molar-refractivity contribution >= 4 is 5.78 Å². The largest absolute Gasteiger partial charge is 0.460 e. The van der Waals surface area contributed by atoms with Gasteiger partial charge in [0.1, 0.15) is 0 Å². The lowest BCUT2D eigenvalue weighted by Crippen LogP contribution is -2.66. The molecule has 0 saturated heterocycles. The fraction of sp³-hybridized carbons (Fsp3) is 0.533. The first-order chi connectivity index (χ1) is 12.3. The van der Waals surface area contributed by atoms with Crippen molar-refractivity contribution in [3.63, 3.8) is 0 Å². The number of halogens is 11. The second kappa shape index (κ2) is 7.16. The summed E-state index contributed by atoms with van der Waals surface area (Å²) in [5.74, 6) is -28.8. The molecule has 1 unspecified atom stereocenters. The molecule has 1 aromatic rings. The molecule has 0 heterocycles. The SMILES string of the molecule is CC(=O)c1ccc(C(O)CC(F)(F)C(F)(F)C(F)(F)C(F)(F)C(F)(F)F)cc1. The summed E-state index contributed by atoms with van der Waals surface area (Å²) < 4.78 is 142. The highest BCUT2D eigenvalue weighted by Gasteiger charge is 2.87. The van der Waals surface area contributed by atoms with Gasteiger partial charge in [-0.2, -0.15) is 48.3 Å². The van der Waals surface area contributed by atoms with E-state index >= 15 is 0 Å². The van der Waals surface area contributed by atoms with Gasteiger partial charge < -0.3 is 5.11 Å². The fourth-order valence-electron chi connectivity index (χ4n) is 2.03. The zero-order valence-electron chi connectivity index (χ0n) is 13.6. The summed E-state index contributed by atoms with van der Waals surface area (Å²) in [6, 6.07) is 3.50. The molecule has 0 aliphatic carbocycles. The number of Topliss-reactive ketones (excluding diaryl/α,β-unsaturated/α-hetero) is 1. The zero-order valence-corrected chi connectivity index (χ0v) is 13.6. The molecule has 0 fully saturated rings. The maximum absolute atomic E-state index is 13.6. The van der Waals surface area contributed by atoms with E-state index in [0.717, 1.165) is 31.2 Å².